The maximum Gasteiger partial charge on any atom is 0.225 e. The third-order valence-electron chi connectivity index (χ3n) is 5.26. The molecule has 1 aliphatic carbocycles. The van der Waals surface area contributed by atoms with Gasteiger partial charge in [-0.2, -0.15) is 0 Å². The fourth-order valence-electron chi connectivity index (χ4n) is 3.99. The number of hydrogen-bond acceptors (Lipinski definition) is 4. The van der Waals surface area contributed by atoms with Crippen molar-refractivity contribution in [2.75, 3.05) is 6.61 Å². The van der Waals surface area contributed by atoms with Crippen LogP contribution in [0.3, 0.4) is 0 Å². The van der Waals surface area contributed by atoms with Gasteiger partial charge >= 0.3 is 0 Å². The van der Waals surface area contributed by atoms with Crippen molar-refractivity contribution in [3.05, 3.63) is 65.5 Å². The van der Waals surface area contributed by atoms with E-state index in [0.717, 1.165) is 30.3 Å². The van der Waals surface area contributed by atoms with Gasteiger partial charge in [-0.25, -0.2) is 4.98 Å². The van der Waals surface area contributed by atoms with Crippen molar-refractivity contribution in [3.63, 3.8) is 0 Å². The first-order chi connectivity index (χ1) is 13.6. The zero-order chi connectivity index (χ0) is 19.5. The smallest absolute Gasteiger partial charge is 0.225 e. The molecule has 1 amide bonds. The highest BCUT2D eigenvalue weighted by atomic mass is 16.5. The van der Waals surface area contributed by atoms with Crippen LogP contribution in [0.25, 0.3) is 11.0 Å². The number of nitrogens with zero attached hydrogens (tertiary/aromatic N) is 2. The first-order valence-corrected chi connectivity index (χ1v) is 9.71. The van der Waals surface area contributed by atoms with Crippen LogP contribution in [0.2, 0.25) is 0 Å². The van der Waals surface area contributed by atoms with E-state index >= 15 is 0 Å². The number of imidazole rings is 1. The van der Waals surface area contributed by atoms with E-state index in [-0.39, 0.29) is 19.1 Å². The van der Waals surface area contributed by atoms with Gasteiger partial charge in [0.25, 0.3) is 0 Å². The second kappa shape index (κ2) is 8.12. The Balaban J connectivity index is 1.47. The molecule has 0 spiro atoms. The van der Waals surface area contributed by atoms with E-state index in [9.17, 15) is 9.90 Å². The van der Waals surface area contributed by atoms with Crippen molar-refractivity contribution < 1.29 is 14.6 Å². The Morgan fingerprint density at radius 1 is 1.25 bits per heavy atom. The number of hydrogen-bond donors (Lipinski definition) is 2. The van der Waals surface area contributed by atoms with Gasteiger partial charge in [-0.1, -0.05) is 36.4 Å². The highest BCUT2D eigenvalue weighted by Gasteiger charge is 2.22. The number of aliphatic hydroxyl groups excluding tert-OH is 1. The Bertz CT molecular complexity index is 982. The summed E-state index contributed by atoms with van der Waals surface area (Å²) in [5, 5.41) is 10.6. The number of ether oxygens (including phenoxy) is 1. The van der Waals surface area contributed by atoms with Crippen molar-refractivity contribution >= 4 is 16.9 Å². The summed E-state index contributed by atoms with van der Waals surface area (Å²) in [6.07, 6.45) is 2.48. The molecule has 146 valence electrons. The lowest BCUT2D eigenvalue weighted by molar-refractivity contribution is -0.117. The van der Waals surface area contributed by atoms with E-state index in [2.05, 4.69) is 23.2 Å². The maximum atomic E-state index is 11.4. The summed E-state index contributed by atoms with van der Waals surface area (Å²) >= 11 is 0. The van der Waals surface area contributed by atoms with Gasteiger partial charge in [-0.05, 0) is 42.5 Å². The average Bonchev–Trinajstić information content (AvgIpc) is 3.02. The van der Waals surface area contributed by atoms with Crippen molar-refractivity contribution in [1.82, 2.24) is 9.55 Å². The first kappa shape index (κ1) is 18.7. The lowest BCUT2D eigenvalue weighted by atomic mass is 9.89. The second-order valence-electron chi connectivity index (χ2n) is 7.34. The van der Waals surface area contributed by atoms with E-state index in [0.29, 0.717) is 12.4 Å². The Kier molecular flexibility index (Phi) is 5.41. The molecule has 3 aromatic rings. The number of carbonyl (C=O) groups is 1. The summed E-state index contributed by atoms with van der Waals surface area (Å²) in [5.74, 6) is 0.122. The maximum absolute atomic E-state index is 11.4. The van der Waals surface area contributed by atoms with E-state index in [1.807, 2.05) is 34.9 Å². The lowest BCUT2D eigenvalue weighted by Gasteiger charge is -2.26. The minimum absolute atomic E-state index is 0.0178. The normalized spacial score (nSPS) is 17.4. The quantitative estimate of drug-likeness (QED) is 0.660. The molecule has 2 atom stereocenters. The number of amides is 1. The third-order valence-corrected chi connectivity index (χ3v) is 5.26. The molecule has 1 aliphatic rings. The summed E-state index contributed by atoms with van der Waals surface area (Å²) in [4.78, 5) is 15.9. The van der Waals surface area contributed by atoms with Crippen LogP contribution >= 0.6 is 0 Å². The number of carbonyl (C=O) groups excluding carboxylic acids is 1. The highest BCUT2D eigenvalue weighted by Crippen LogP contribution is 2.32. The molecule has 4 rings (SSSR count). The Labute approximate surface area is 163 Å². The molecule has 0 saturated carbocycles. The number of primary amides is 1. The van der Waals surface area contributed by atoms with Gasteiger partial charge in [0.1, 0.15) is 5.82 Å². The number of rotatable bonds is 7. The standard InChI is InChI=1S/C22H25N3O3/c23-21(27)12-22-24-18-9-3-4-10-19(18)25(22)13-16(26)14-28-20-11-5-7-15-6-1-2-8-17(15)20/h1-4,6,8-10,16,20,26H,5,7,11-14H2,(H2,23,27). The Morgan fingerprint density at radius 3 is 2.89 bits per heavy atom. The number of para-hydroxylation sites is 2. The van der Waals surface area contributed by atoms with Crippen LogP contribution in [0.4, 0.5) is 0 Å². The highest BCUT2D eigenvalue weighted by molar-refractivity contribution is 5.80. The second-order valence-corrected chi connectivity index (χ2v) is 7.34. The zero-order valence-electron chi connectivity index (χ0n) is 15.8. The molecule has 0 aliphatic heterocycles. The molecule has 0 saturated heterocycles. The summed E-state index contributed by atoms with van der Waals surface area (Å²) in [6.45, 7) is 0.527. The van der Waals surface area contributed by atoms with Gasteiger partial charge in [0.15, 0.2) is 0 Å². The summed E-state index contributed by atoms with van der Waals surface area (Å²) in [6, 6.07) is 16.0. The molecule has 0 bridgehead atoms. The molecule has 0 fully saturated rings. The predicted octanol–water partition coefficient (Wildman–Crippen LogP) is 2.52. The first-order valence-electron chi connectivity index (χ1n) is 9.71. The van der Waals surface area contributed by atoms with Gasteiger partial charge in [0.05, 0.1) is 42.8 Å². The monoisotopic (exact) mass is 379 g/mol. The predicted molar refractivity (Wildman–Crippen MR) is 107 cm³/mol. The summed E-state index contributed by atoms with van der Waals surface area (Å²) < 4.78 is 7.94. The number of nitrogens with two attached hydrogens (primary N) is 1. The van der Waals surface area contributed by atoms with Gasteiger partial charge in [0, 0.05) is 0 Å². The molecule has 1 heterocycles. The van der Waals surface area contributed by atoms with Crippen LogP contribution in [0.1, 0.15) is 35.9 Å². The summed E-state index contributed by atoms with van der Waals surface area (Å²) in [5.41, 5.74) is 9.59. The fraction of sp³-hybridized carbons (Fsp3) is 0.364. The largest absolute Gasteiger partial charge is 0.389 e. The Morgan fingerprint density at radius 2 is 2.04 bits per heavy atom. The number of fused-ring (bicyclic) bond motifs is 2. The molecule has 28 heavy (non-hydrogen) atoms. The van der Waals surface area contributed by atoms with Crippen molar-refractivity contribution in [1.29, 1.82) is 0 Å². The minimum atomic E-state index is -0.710. The Hall–Kier alpha value is -2.70. The van der Waals surface area contributed by atoms with Crippen molar-refractivity contribution in [3.8, 4) is 0 Å². The summed E-state index contributed by atoms with van der Waals surface area (Å²) in [7, 11) is 0. The molecule has 3 N–H and O–H groups in total. The van der Waals surface area contributed by atoms with E-state index in [1.54, 1.807) is 0 Å². The lowest BCUT2D eigenvalue weighted by Crippen LogP contribution is -2.26. The zero-order valence-corrected chi connectivity index (χ0v) is 15.8. The van der Waals surface area contributed by atoms with Crippen LogP contribution in [0.5, 0.6) is 0 Å². The van der Waals surface area contributed by atoms with Crippen LogP contribution < -0.4 is 5.73 Å². The number of aryl methyl sites for hydroxylation is 1. The van der Waals surface area contributed by atoms with E-state index in [4.69, 9.17) is 10.5 Å². The topological polar surface area (TPSA) is 90.4 Å². The van der Waals surface area contributed by atoms with Gasteiger partial charge < -0.3 is 20.1 Å². The van der Waals surface area contributed by atoms with Gasteiger partial charge in [-0.3, -0.25) is 4.79 Å². The molecule has 6 nitrogen and oxygen atoms in total. The van der Waals surface area contributed by atoms with Crippen molar-refractivity contribution in [2.45, 2.75) is 44.4 Å². The van der Waals surface area contributed by atoms with Crippen LogP contribution in [0, 0.1) is 0 Å². The van der Waals surface area contributed by atoms with Crippen LogP contribution in [-0.2, 0) is 28.9 Å². The molecule has 2 unspecified atom stereocenters. The SMILES string of the molecule is NC(=O)Cc1nc2ccccc2n1CC(O)COC1CCCc2ccccc21. The number of benzene rings is 2. The third kappa shape index (κ3) is 3.93. The fourth-order valence-corrected chi connectivity index (χ4v) is 3.99. The molecule has 6 heteroatoms. The van der Waals surface area contributed by atoms with Gasteiger partial charge in [0.2, 0.25) is 5.91 Å². The van der Waals surface area contributed by atoms with E-state index in [1.165, 1.54) is 11.1 Å². The van der Waals surface area contributed by atoms with Crippen LogP contribution in [-0.4, -0.2) is 33.3 Å². The number of aromatic nitrogens is 2. The average molecular weight is 379 g/mol. The van der Waals surface area contributed by atoms with E-state index < -0.39 is 12.0 Å². The van der Waals surface area contributed by atoms with Crippen molar-refractivity contribution in [2.24, 2.45) is 5.73 Å². The number of aliphatic hydroxyl groups is 1. The molecular weight excluding hydrogens is 354 g/mol. The van der Waals surface area contributed by atoms with Gasteiger partial charge in [-0.15, -0.1) is 0 Å². The minimum Gasteiger partial charge on any atom is -0.389 e. The molecule has 0 radical (unpaired) electrons. The molecule has 1 aromatic heterocycles. The molecule has 2 aromatic carbocycles. The van der Waals surface area contributed by atoms with Crippen LogP contribution in [0.15, 0.2) is 48.5 Å². The molecular formula is C22H25N3O3.